The molecule has 0 aliphatic carbocycles. The molecular formula is C11H12N2O4. The number of ether oxygens (including phenoxy) is 1. The lowest BCUT2D eigenvalue weighted by Gasteiger charge is -2.06. The van der Waals surface area contributed by atoms with E-state index in [-0.39, 0.29) is 5.91 Å². The van der Waals surface area contributed by atoms with Crippen LogP contribution in [0, 0.1) is 0 Å². The van der Waals surface area contributed by atoms with Crippen molar-refractivity contribution in [3.63, 3.8) is 0 Å². The summed E-state index contributed by atoms with van der Waals surface area (Å²) >= 11 is 0. The van der Waals surface area contributed by atoms with Gasteiger partial charge in [0.2, 0.25) is 5.91 Å². The van der Waals surface area contributed by atoms with Gasteiger partial charge in [0.15, 0.2) is 0 Å². The molecule has 90 valence electrons. The second kappa shape index (κ2) is 5.64. The van der Waals surface area contributed by atoms with Crippen molar-refractivity contribution in [1.29, 1.82) is 0 Å². The fourth-order valence-corrected chi connectivity index (χ4v) is 1.15. The monoisotopic (exact) mass is 236 g/mol. The van der Waals surface area contributed by atoms with Crippen LogP contribution in [0.1, 0.15) is 6.92 Å². The number of amides is 2. The summed E-state index contributed by atoms with van der Waals surface area (Å²) in [6.07, 6.45) is 0. The first-order chi connectivity index (χ1) is 8.02. The number of esters is 1. The lowest BCUT2D eigenvalue weighted by molar-refractivity contribution is -0.150. The van der Waals surface area contributed by atoms with Gasteiger partial charge in [-0.25, -0.2) is 4.79 Å². The van der Waals surface area contributed by atoms with E-state index in [9.17, 15) is 14.4 Å². The second-order valence-corrected chi connectivity index (χ2v) is 3.21. The van der Waals surface area contributed by atoms with Gasteiger partial charge in [-0.05, 0) is 18.2 Å². The van der Waals surface area contributed by atoms with E-state index >= 15 is 0 Å². The van der Waals surface area contributed by atoms with Crippen LogP contribution in [0.15, 0.2) is 24.3 Å². The molecule has 1 rings (SSSR count). The summed E-state index contributed by atoms with van der Waals surface area (Å²) in [7, 11) is 1.12. The van der Waals surface area contributed by atoms with Gasteiger partial charge in [-0.15, -0.1) is 0 Å². The van der Waals surface area contributed by atoms with Gasteiger partial charge >= 0.3 is 11.9 Å². The predicted octanol–water partition coefficient (Wildman–Crippen LogP) is 0.756. The highest BCUT2D eigenvalue weighted by atomic mass is 16.5. The quantitative estimate of drug-likeness (QED) is 0.586. The average molecular weight is 236 g/mol. The molecule has 0 atom stereocenters. The van der Waals surface area contributed by atoms with Gasteiger partial charge < -0.3 is 15.4 Å². The molecule has 0 aromatic heterocycles. The first kappa shape index (κ1) is 12.7. The van der Waals surface area contributed by atoms with E-state index in [1.165, 1.54) is 13.0 Å². The molecule has 6 nitrogen and oxygen atoms in total. The van der Waals surface area contributed by atoms with Crippen molar-refractivity contribution >= 4 is 29.2 Å². The summed E-state index contributed by atoms with van der Waals surface area (Å²) in [5.41, 5.74) is 0.923. The summed E-state index contributed by atoms with van der Waals surface area (Å²) < 4.78 is 4.26. The highest BCUT2D eigenvalue weighted by molar-refractivity contribution is 6.37. The molecule has 0 saturated carbocycles. The van der Waals surface area contributed by atoms with E-state index < -0.39 is 11.9 Å². The van der Waals surface area contributed by atoms with Crippen molar-refractivity contribution in [2.24, 2.45) is 0 Å². The maximum atomic E-state index is 11.2. The Morgan fingerprint density at radius 2 is 1.71 bits per heavy atom. The number of hydrogen-bond acceptors (Lipinski definition) is 4. The van der Waals surface area contributed by atoms with Gasteiger partial charge in [0.05, 0.1) is 7.11 Å². The van der Waals surface area contributed by atoms with Crippen molar-refractivity contribution in [3.8, 4) is 0 Å². The van der Waals surface area contributed by atoms with Crippen molar-refractivity contribution in [2.75, 3.05) is 17.7 Å². The number of methoxy groups -OCH3 is 1. The van der Waals surface area contributed by atoms with E-state index in [4.69, 9.17) is 0 Å². The summed E-state index contributed by atoms with van der Waals surface area (Å²) in [6, 6.07) is 6.42. The summed E-state index contributed by atoms with van der Waals surface area (Å²) in [4.78, 5) is 32.9. The first-order valence-corrected chi connectivity index (χ1v) is 4.80. The molecule has 1 aromatic rings. The van der Waals surface area contributed by atoms with Gasteiger partial charge in [-0.3, -0.25) is 9.59 Å². The topological polar surface area (TPSA) is 84.5 Å². The van der Waals surface area contributed by atoms with E-state index in [0.717, 1.165) is 7.11 Å². The molecule has 2 N–H and O–H groups in total. The molecule has 0 spiro atoms. The molecule has 1 aromatic carbocycles. The second-order valence-electron chi connectivity index (χ2n) is 3.21. The molecule has 2 amide bonds. The highest BCUT2D eigenvalue weighted by Gasteiger charge is 2.13. The fourth-order valence-electron chi connectivity index (χ4n) is 1.15. The molecule has 0 unspecified atom stereocenters. The molecule has 0 saturated heterocycles. The summed E-state index contributed by atoms with van der Waals surface area (Å²) in [6.45, 7) is 1.37. The molecule has 17 heavy (non-hydrogen) atoms. The molecule has 0 heterocycles. The van der Waals surface area contributed by atoms with Crippen LogP contribution >= 0.6 is 0 Å². The summed E-state index contributed by atoms with van der Waals surface area (Å²) in [5.74, 6) is -2.07. The van der Waals surface area contributed by atoms with Crippen molar-refractivity contribution in [2.45, 2.75) is 6.92 Å². The van der Waals surface area contributed by atoms with Gasteiger partial charge in [-0.2, -0.15) is 0 Å². The van der Waals surface area contributed by atoms with Crippen molar-refractivity contribution in [1.82, 2.24) is 0 Å². The van der Waals surface area contributed by atoms with Gasteiger partial charge in [0.1, 0.15) is 0 Å². The molecule has 0 radical (unpaired) electrons. The van der Waals surface area contributed by atoms with Crippen LogP contribution in [0.5, 0.6) is 0 Å². The Kier molecular flexibility index (Phi) is 4.21. The van der Waals surface area contributed by atoms with Gasteiger partial charge in [0.25, 0.3) is 0 Å². The number of hydrogen-bond donors (Lipinski definition) is 2. The van der Waals surface area contributed by atoms with Gasteiger partial charge in [-0.1, -0.05) is 6.07 Å². The Morgan fingerprint density at radius 3 is 2.24 bits per heavy atom. The van der Waals surface area contributed by atoms with E-state index in [1.54, 1.807) is 18.2 Å². The Balaban J connectivity index is 2.75. The largest absolute Gasteiger partial charge is 0.462 e. The molecule has 0 fully saturated rings. The number of carbonyl (C=O) groups is 3. The van der Waals surface area contributed by atoms with Crippen molar-refractivity contribution in [3.05, 3.63) is 24.3 Å². The number of anilines is 2. The third-order valence-corrected chi connectivity index (χ3v) is 1.81. The Bertz CT molecular complexity index is 457. The third kappa shape index (κ3) is 3.94. The lowest BCUT2D eigenvalue weighted by atomic mass is 10.2. The first-order valence-electron chi connectivity index (χ1n) is 4.80. The fraction of sp³-hybridized carbons (Fsp3) is 0.182. The minimum absolute atomic E-state index is 0.221. The third-order valence-electron chi connectivity index (χ3n) is 1.81. The molecule has 0 bridgehead atoms. The average Bonchev–Trinajstić information content (AvgIpc) is 2.27. The Morgan fingerprint density at radius 1 is 1.12 bits per heavy atom. The normalized spacial score (nSPS) is 9.29. The minimum Gasteiger partial charge on any atom is -0.462 e. The number of benzene rings is 1. The van der Waals surface area contributed by atoms with Gasteiger partial charge in [0, 0.05) is 18.3 Å². The summed E-state index contributed by atoms with van der Waals surface area (Å²) in [5, 5.41) is 4.90. The minimum atomic E-state index is -0.977. The van der Waals surface area contributed by atoms with Crippen LogP contribution < -0.4 is 10.6 Å². The molecule has 0 aliphatic rings. The van der Waals surface area contributed by atoms with E-state index in [0.29, 0.717) is 11.4 Å². The molecule has 6 heteroatoms. The van der Waals surface area contributed by atoms with Crippen LogP contribution in [-0.2, 0) is 19.1 Å². The maximum Gasteiger partial charge on any atom is 0.396 e. The lowest BCUT2D eigenvalue weighted by Crippen LogP contribution is -2.23. The van der Waals surface area contributed by atoms with Crippen LogP contribution in [-0.4, -0.2) is 24.9 Å². The van der Waals surface area contributed by atoms with E-state index in [2.05, 4.69) is 15.4 Å². The number of rotatable bonds is 2. The molecule has 0 aliphatic heterocycles. The SMILES string of the molecule is COC(=O)C(=O)Nc1cccc(NC(C)=O)c1. The van der Waals surface area contributed by atoms with Crippen LogP contribution in [0.2, 0.25) is 0 Å². The highest BCUT2D eigenvalue weighted by Crippen LogP contribution is 2.14. The zero-order chi connectivity index (χ0) is 12.8. The molecular weight excluding hydrogens is 224 g/mol. The van der Waals surface area contributed by atoms with Crippen LogP contribution in [0.4, 0.5) is 11.4 Å². The van der Waals surface area contributed by atoms with Crippen LogP contribution in [0.3, 0.4) is 0 Å². The Hall–Kier alpha value is -2.37. The number of nitrogens with one attached hydrogen (secondary N) is 2. The predicted molar refractivity (Wildman–Crippen MR) is 61.4 cm³/mol. The Labute approximate surface area is 98.0 Å². The van der Waals surface area contributed by atoms with E-state index in [1.807, 2.05) is 0 Å². The zero-order valence-corrected chi connectivity index (χ0v) is 9.44. The standard InChI is InChI=1S/C11H12N2O4/c1-7(14)12-8-4-3-5-9(6-8)13-10(15)11(16)17-2/h3-6H,1-2H3,(H,12,14)(H,13,15). The maximum absolute atomic E-state index is 11.2. The van der Waals surface area contributed by atoms with Crippen LogP contribution in [0.25, 0.3) is 0 Å². The smallest absolute Gasteiger partial charge is 0.396 e. The zero-order valence-electron chi connectivity index (χ0n) is 9.44. The number of carbonyl (C=O) groups excluding carboxylic acids is 3. The van der Waals surface area contributed by atoms with Crippen molar-refractivity contribution < 1.29 is 19.1 Å².